The van der Waals surface area contributed by atoms with Gasteiger partial charge in [-0.3, -0.25) is 0 Å². The van der Waals surface area contributed by atoms with Gasteiger partial charge in [0.1, 0.15) is 18.1 Å². The molecule has 0 fully saturated rings. The first-order valence-electron chi connectivity index (χ1n) is 6.33. The number of ether oxygens (including phenoxy) is 1. The van der Waals surface area contributed by atoms with E-state index in [0.29, 0.717) is 17.9 Å². The molecule has 0 unspecified atom stereocenters. The van der Waals surface area contributed by atoms with Gasteiger partial charge in [0, 0.05) is 17.7 Å². The fraction of sp³-hybridized carbons (Fsp3) is 0.188. The summed E-state index contributed by atoms with van der Waals surface area (Å²) in [6.45, 7) is 0.434. The van der Waals surface area contributed by atoms with Gasteiger partial charge >= 0.3 is 0 Å². The van der Waals surface area contributed by atoms with E-state index in [1.54, 1.807) is 12.1 Å². The van der Waals surface area contributed by atoms with Crippen molar-refractivity contribution >= 4 is 0 Å². The van der Waals surface area contributed by atoms with E-state index >= 15 is 0 Å². The van der Waals surface area contributed by atoms with Gasteiger partial charge in [-0.25, -0.2) is 0 Å². The number of phenolic OH excluding ortho intramolecular Hbond substituents is 1. The topological polar surface area (TPSA) is 79.3 Å². The SMILES string of the molecule is N#CC[C@H](N)c1ccc(OCc2ccccc2)cc1O. The summed E-state index contributed by atoms with van der Waals surface area (Å²) in [6.07, 6.45) is 0.164. The highest BCUT2D eigenvalue weighted by Crippen LogP contribution is 2.29. The Morgan fingerprint density at radius 1 is 1.20 bits per heavy atom. The highest BCUT2D eigenvalue weighted by molar-refractivity contribution is 5.41. The van der Waals surface area contributed by atoms with Gasteiger partial charge in [-0.15, -0.1) is 0 Å². The second-order valence-corrected chi connectivity index (χ2v) is 4.46. The molecule has 4 heteroatoms. The zero-order chi connectivity index (χ0) is 14.4. The van der Waals surface area contributed by atoms with Gasteiger partial charge in [0.2, 0.25) is 0 Å². The number of rotatable bonds is 5. The number of nitrogens with two attached hydrogens (primary N) is 1. The third-order valence-electron chi connectivity index (χ3n) is 2.96. The van der Waals surface area contributed by atoms with Crippen LogP contribution in [0.5, 0.6) is 11.5 Å². The molecule has 0 bridgehead atoms. The van der Waals surface area contributed by atoms with Crippen LogP contribution in [0, 0.1) is 11.3 Å². The summed E-state index contributed by atoms with van der Waals surface area (Å²) < 4.78 is 5.60. The van der Waals surface area contributed by atoms with Crippen molar-refractivity contribution in [1.29, 1.82) is 5.26 Å². The number of aromatic hydroxyl groups is 1. The van der Waals surface area contributed by atoms with Crippen LogP contribution in [-0.4, -0.2) is 5.11 Å². The number of nitrogens with zero attached hydrogens (tertiary/aromatic N) is 1. The van der Waals surface area contributed by atoms with Crippen molar-refractivity contribution in [3.8, 4) is 17.6 Å². The monoisotopic (exact) mass is 268 g/mol. The fourth-order valence-electron chi connectivity index (χ4n) is 1.88. The summed E-state index contributed by atoms with van der Waals surface area (Å²) in [7, 11) is 0. The van der Waals surface area contributed by atoms with E-state index in [-0.39, 0.29) is 12.2 Å². The van der Waals surface area contributed by atoms with Crippen molar-refractivity contribution in [3.63, 3.8) is 0 Å². The van der Waals surface area contributed by atoms with Crippen molar-refractivity contribution in [1.82, 2.24) is 0 Å². The van der Waals surface area contributed by atoms with Crippen LogP contribution in [-0.2, 0) is 6.61 Å². The summed E-state index contributed by atoms with van der Waals surface area (Å²) in [6, 6.07) is 16.2. The minimum atomic E-state index is -0.483. The lowest BCUT2D eigenvalue weighted by molar-refractivity contribution is 0.304. The Labute approximate surface area is 118 Å². The highest BCUT2D eigenvalue weighted by Gasteiger charge is 2.11. The van der Waals surface area contributed by atoms with E-state index in [4.69, 9.17) is 15.7 Å². The Morgan fingerprint density at radius 2 is 1.95 bits per heavy atom. The summed E-state index contributed by atoms with van der Waals surface area (Å²) in [5.74, 6) is 0.623. The third kappa shape index (κ3) is 3.50. The van der Waals surface area contributed by atoms with Gasteiger partial charge in [0.05, 0.1) is 12.5 Å². The van der Waals surface area contributed by atoms with Crippen molar-refractivity contribution < 1.29 is 9.84 Å². The average Bonchev–Trinajstić information content (AvgIpc) is 2.46. The minimum absolute atomic E-state index is 0.0540. The number of nitriles is 1. The van der Waals surface area contributed by atoms with E-state index in [0.717, 1.165) is 5.56 Å². The van der Waals surface area contributed by atoms with Crippen molar-refractivity contribution in [2.45, 2.75) is 19.1 Å². The van der Waals surface area contributed by atoms with Gasteiger partial charge in [-0.1, -0.05) is 36.4 Å². The summed E-state index contributed by atoms with van der Waals surface area (Å²) >= 11 is 0. The molecule has 0 aliphatic rings. The van der Waals surface area contributed by atoms with Crippen molar-refractivity contribution in [2.24, 2.45) is 5.73 Å². The Bertz CT molecular complexity index is 606. The van der Waals surface area contributed by atoms with Crippen LogP contribution in [0.4, 0.5) is 0 Å². The van der Waals surface area contributed by atoms with Gasteiger partial charge in [0.15, 0.2) is 0 Å². The first-order valence-corrected chi connectivity index (χ1v) is 6.33. The molecule has 0 aromatic heterocycles. The summed E-state index contributed by atoms with van der Waals surface area (Å²) in [5, 5.41) is 18.5. The largest absolute Gasteiger partial charge is 0.507 e. The smallest absolute Gasteiger partial charge is 0.124 e. The molecule has 4 nitrogen and oxygen atoms in total. The number of benzene rings is 2. The first-order chi connectivity index (χ1) is 9.70. The second-order valence-electron chi connectivity index (χ2n) is 4.46. The molecule has 2 aromatic rings. The standard InChI is InChI=1S/C16H16N2O2/c17-9-8-15(18)14-7-6-13(10-16(14)19)20-11-12-4-2-1-3-5-12/h1-7,10,15,19H,8,11,18H2/t15-/m0/s1. The zero-order valence-corrected chi connectivity index (χ0v) is 11.0. The van der Waals surface area contributed by atoms with Crippen LogP contribution >= 0.6 is 0 Å². The summed E-state index contributed by atoms with van der Waals surface area (Å²) in [5.41, 5.74) is 7.41. The Kier molecular flexibility index (Phi) is 4.59. The number of phenols is 1. The average molecular weight is 268 g/mol. The molecule has 2 aromatic carbocycles. The molecule has 2 rings (SSSR count). The molecule has 0 saturated heterocycles. The van der Waals surface area contributed by atoms with Crippen LogP contribution < -0.4 is 10.5 Å². The maximum atomic E-state index is 9.92. The minimum Gasteiger partial charge on any atom is -0.507 e. The molecule has 3 N–H and O–H groups in total. The fourth-order valence-corrected chi connectivity index (χ4v) is 1.88. The van der Waals surface area contributed by atoms with Crippen LogP contribution in [0.3, 0.4) is 0 Å². The Balaban J connectivity index is 2.04. The van der Waals surface area contributed by atoms with Gasteiger partial charge < -0.3 is 15.6 Å². The Hall–Kier alpha value is -2.51. The third-order valence-corrected chi connectivity index (χ3v) is 2.96. The maximum Gasteiger partial charge on any atom is 0.124 e. The summed E-state index contributed by atoms with van der Waals surface area (Å²) in [4.78, 5) is 0. The van der Waals surface area contributed by atoms with E-state index in [9.17, 15) is 5.11 Å². The molecular weight excluding hydrogens is 252 g/mol. The quantitative estimate of drug-likeness (QED) is 0.873. The van der Waals surface area contributed by atoms with E-state index < -0.39 is 6.04 Å². The molecule has 20 heavy (non-hydrogen) atoms. The lowest BCUT2D eigenvalue weighted by Gasteiger charge is -2.12. The van der Waals surface area contributed by atoms with Crippen molar-refractivity contribution in [3.05, 3.63) is 59.7 Å². The molecule has 0 radical (unpaired) electrons. The maximum absolute atomic E-state index is 9.92. The van der Waals surface area contributed by atoms with Crippen LogP contribution in [0.1, 0.15) is 23.6 Å². The molecule has 0 aliphatic carbocycles. The number of hydrogen-bond acceptors (Lipinski definition) is 4. The molecule has 0 spiro atoms. The molecule has 1 atom stereocenters. The predicted molar refractivity (Wildman–Crippen MR) is 76.0 cm³/mol. The first kappa shape index (κ1) is 13.9. The molecule has 0 aliphatic heterocycles. The normalized spacial score (nSPS) is 11.6. The van der Waals surface area contributed by atoms with Gasteiger partial charge in [-0.2, -0.15) is 5.26 Å². The van der Waals surface area contributed by atoms with E-state index in [2.05, 4.69) is 0 Å². The lowest BCUT2D eigenvalue weighted by Crippen LogP contribution is -2.09. The zero-order valence-electron chi connectivity index (χ0n) is 11.0. The molecule has 102 valence electrons. The molecule has 0 saturated carbocycles. The van der Waals surface area contributed by atoms with Crippen molar-refractivity contribution in [2.75, 3.05) is 0 Å². The lowest BCUT2D eigenvalue weighted by atomic mass is 10.0. The highest BCUT2D eigenvalue weighted by atomic mass is 16.5. The molecular formula is C16H16N2O2. The van der Waals surface area contributed by atoms with Gasteiger partial charge in [-0.05, 0) is 11.6 Å². The van der Waals surface area contributed by atoms with Crippen LogP contribution in [0.2, 0.25) is 0 Å². The van der Waals surface area contributed by atoms with E-state index in [1.807, 2.05) is 36.4 Å². The van der Waals surface area contributed by atoms with E-state index in [1.165, 1.54) is 6.07 Å². The molecule has 0 heterocycles. The van der Waals surface area contributed by atoms with Crippen LogP contribution in [0.15, 0.2) is 48.5 Å². The Morgan fingerprint density at radius 3 is 2.60 bits per heavy atom. The second kappa shape index (κ2) is 6.60. The van der Waals surface area contributed by atoms with Gasteiger partial charge in [0.25, 0.3) is 0 Å². The molecule has 0 amide bonds. The predicted octanol–water partition coefficient (Wildman–Crippen LogP) is 2.88. The van der Waals surface area contributed by atoms with Crippen LogP contribution in [0.25, 0.3) is 0 Å². The number of hydrogen-bond donors (Lipinski definition) is 2.